The van der Waals surface area contributed by atoms with Crippen molar-refractivity contribution in [3.05, 3.63) is 34.3 Å². The number of rotatable bonds is 6. The fourth-order valence-corrected chi connectivity index (χ4v) is 2.13. The van der Waals surface area contributed by atoms with Crippen molar-refractivity contribution in [1.29, 1.82) is 0 Å². The molecule has 1 aromatic carbocycles. The van der Waals surface area contributed by atoms with Gasteiger partial charge in [0, 0.05) is 11.0 Å². The van der Waals surface area contributed by atoms with Gasteiger partial charge in [-0.2, -0.15) is 0 Å². The van der Waals surface area contributed by atoms with E-state index in [9.17, 15) is 0 Å². The predicted octanol–water partition coefficient (Wildman–Crippen LogP) is 3.94. The first-order chi connectivity index (χ1) is 7.27. The van der Waals surface area contributed by atoms with Crippen molar-refractivity contribution < 1.29 is 0 Å². The zero-order chi connectivity index (χ0) is 11.1. The first-order valence-corrected chi connectivity index (χ1v) is 6.53. The summed E-state index contributed by atoms with van der Waals surface area (Å²) in [5, 5.41) is 3.49. The lowest BCUT2D eigenvalue weighted by Gasteiger charge is -2.16. The van der Waals surface area contributed by atoms with Gasteiger partial charge in [0.2, 0.25) is 0 Å². The van der Waals surface area contributed by atoms with E-state index in [1.807, 2.05) is 0 Å². The molecule has 0 spiro atoms. The smallest absolute Gasteiger partial charge is 0.0178 e. The molecule has 1 N–H and O–H groups in total. The van der Waals surface area contributed by atoms with Gasteiger partial charge in [0.25, 0.3) is 0 Å². The average molecular weight is 270 g/mol. The fourth-order valence-electron chi connectivity index (χ4n) is 1.71. The molecule has 0 bridgehead atoms. The number of nitrogens with one attached hydrogen (secondary N) is 1. The molecule has 2 heteroatoms. The van der Waals surface area contributed by atoms with Crippen LogP contribution in [-0.2, 0) is 0 Å². The predicted molar refractivity (Wildman–Crippen MR) is 70.3 cm³/mol. The third kappa shape index (κ3) is 4.35. The highest BCUT2D eigenvalue weighted by Crippen LogP contribution is 2.22. The normalized spacial score (nSPS) is 12.7. The van der Waals surface area contributed by atoms with Gasteiger partial charge in [0.15, 0.2) is 0 Å². The number of hydrogen-bond acceptors (Lipinski definition) is 1. The first kappa shape index (κ1) is 12.7. The minimum atomic E-state index is 0.633. The van der Waals surface area contributed by atoms with Crippen LogP contribution in [0.1, 0.15) is 38.2 Å². The van der Waals surface area contributed by atoms with Gasteiger partial charge >= 0.3 is 0 Å². The lowest BCUT2D eigenvalue weighted by Crippen LogP contribution is -2.21. The summed E-state index contributed by atoms with van der Waals surface area (Å²) in [6.07, 6.45) is 2.39. The molecule has 1 nitrogen and oxygen atoms in total. The lowest BCUT2D eigenvalue weighted by atomic mass is 9.96. The largest absolute Gasteiger partial charge is 0.316 e. The zero-order valence-corrected chi connectivity index (χ0v) is 11.2. The maximum Gasteiger partial charge on any atom is 0.0178 e. The van der Waals surface area contributed by atoms with Crippen LogP contribution in [0.4, 0.5) is 0 Å². The van der Waals surface area contributed by atoms with Gasteiger partial charge in [0.05, 0.1) is 0 Å². The van der Waals surface area contributed by atoms with E-state index >= 15 is 0 Å². The zero-order valence-electron chi connectivity index (χ0n) is 9.59. The Morgan fingerprint density at radius 2 is 2.13 bits per heavy atom. The van der Waals surface area contributed by atoms with Gasteiger partial charge in [-0.1, -0.05) is 41.9 Å². The van der Waals surface area contributed by atoms with Crippen LogP contribution in [-0.4, -0.2) is 13.1 Å². The van der Waals surface area contributed by atoms with E-state index in [0.29, 0.717) is 5.92 Å². The highest BCUT2D eigenvalue weighted by Gasteiger charge is 2.08. The molecule has 0 radical (unpaired) electrons. The summed E-state index contributed by atoms with van der Waals surface area (Å²) in [7, 11) is 0. The van der Waals surface area contributed by atoms with E-state index in [4.69, 9.17) is 0 Å². The summed E-state index contributed by atoms with van der Waals surface area (Å²) in [6, 6.07) is 8.63. The third-order valence-corrected chi connectivity index (χ3v) is 3.12. The SMILES string of the molecule is CCCNCC(CC)c1cccc(Br)c1. The van der Waals surface area contributed by atoms with Gasteiger partial charge in [-0.15, -0.1) is 0 Å². The third-order valence-electron chi connectivity index (χ3n) is 2.63. The van der Waals surface area contributed by atoms with Gasteiger partial charge < -0.3 is 5.32 Å². The summed E-state index contributed by atoms with van der Waals surface area (Å²) < 4.78 is 1.17. The van der Waals surface area contributed by atoms with Gasteiger partial charge in [-0.25, -0.2) is 0 Å². The van der Waals surface area contributed by atoms with Crippen LogP contribution < -0.4 is 5.32 Å². The van der Waals surface area contributed by atoms with Crippen LogP contribution in [0, 0.1) is 0 Å². The molecule has 0 aromatic heterocycles. The van der Waals surface area contributed by atoms with E-state index in [0.717, 1.165) is 13.1 Å². The molecule has 15 heavy (non-hydrogen) atoms. The number of halogens is 1. The van der Waals surface area contributed by atoms with E-state index in [1.54, 1.807) is 0 Å². The Bertz CT molecular complexity index is 286. The molecule has 1 aromatic rings. The molecule has 0 aliphatic carbocycles. The van der Waals surface area contributed by atoms with Crippen LogP contribution in [0.2, 0.25) is 0 Å². The molecule has 0 amide bonds. The van der Waals surface area contributed by atoms with E-state index in [2.05, 4.69) is 59.4 Å². The second-order valence-corrected chi connectivity index (χ2v) is 4.78. The summed E-state index contributed by atoms with van der Waals surface area (Å²) in [5.41, 5.74) is 1.43. The van der Waals surface area contributed by atoms with Crippen LogP contribution in [0.5, 0.6) is 0 Å². The summed E-state index contributed by atoms with van der Waals surface area (Å²) in [6.45, 7) is 6.65. The minimum absolute atomic E-state index is 0.633. The fraction of sp³-hybridized carbons (Fsp3) is 0.538. The lowest BCUT2D eigenvalue weighted by molar-refractivity contribution is 0.567. The monoisotopic (exact) mass is 269 g/mol. The molecule has 0 saturated heterocycles. The minimum Gasteiger partial charge on any atom is -0.316 e. The maximum absolute atomic E-state index is 3.52. The molecule has 0 aliphatic heterocycles. The molecule has 84 valence electrons. The standard InChI is InChI=1S/C13H20BrN/c1-3-8-15-10-11(4-2)12-6-5-7-13(14)9-12/h5-7,9,11,15H,3-4,8,10H2,1-2H3. The van der Waals surface area contributed by atoms with Crippen molar-refractivity contribution in [2.45, 2.75) is 32.6 Å². The molecule has 0 saturated carbocycles. The number of benzene rings is 1. The van der Waals surface area contributed by atoms with Crippen LogP contribution in [0.15, 0.2) is 28.7 Å². The highest BCUT2D eigenvalue weighted by molar-refractivity contribution is 9.10. The molecular weight excluding hydrogens is 250 g/mol. The van der Waals surface area contributed by atoms with Crippen LogP contribution in [0.3, 0.4) is 0 Å². The molecule has 0 heterocycles. The van der Waals surface area contributed by atoms with Crippen molar-refractivity contribution in [3.63, 3.8) is 0 Å². The second-order valence-electron chi connectivity index (χ2n) is 3.86. The van der Waals surface area contributed by atoms with Gasteiger partial charge in [0.1, 0.15) is 0 Å². The molecule has 0 fully saturated rings. The molecule has 1 unspecified atom stereocenters. The Morgan fingerprint density at radius 3 is 2.73 bits per heavy atom. The first-order valence-electron chi connectivity index (χ1n) is 5.74. The molecule has 1 atom stereocenters. The van der Waals surface area contributed by atoms with Crippen molar-refractivity contribution in [3.8, 4) is 0 Å². The van der Waals surface area contributed by atoms with E-state index < -0.39 is 0 Å². The van der Waals surface area contributed by atoms with Crippen molar-refractivity contribution >= 4 is 15.9 Å². The number of hydrogen-bond donors (Lipinski definition) is 1. The van der Waals surface area contributed by atoms with Gasteiger partial charge in [-0.05, 0) is 43.0 Å². The van der Waals surface area contributed by atoms with Crippen LogP contribution in [0.25, 0.3) is 0 Å². The summed E-state index contributed by atoms with van der Waals surface area (Å²) in [4.78, 5) is 0. The molecular formula is C13H20BrN. The second kappa shape index (κ2) is 7.02. The summed E-state index contributed by atoms with van der Waals surface area (Å²) in [5.74, 6) is 0.633. The van der Waals surface area contributed by atoms with Crippen molar-refractivity contribution in [2.24, 2.45) is 0 Å². The Labute approximate surface area is 101 Å². The Balaban J connectivity index is 2.57. The quantitative estimate of drug-likeness (QED) is 0.772. The molecule has 1 rings (SSSR count). The van der Waals surface area contributed by atoms with E-state index in [-0.39, 0.29) is 0 Å². The average Bonchev–Trinajstić information content (AvgIpc) is 2.24. The highest BCUT2D eigenvalue weighted by atomic mass is 79.9. The Morgan fingerprint density at radius 1 is 1.33 bits per heavy atom. The molecule has 0 aliphatic rings. The maximum atomic E-state index is 3.52. The Hall–Kier alpha value is -0.340. The topological polar surface area (TPSA) is 12.0 Å². The van der Waals surface area contributed by atoms with Crippen molar-refractivity contribution in [2.75, 3.05) is 13.1 Å². The van der Waals surface area contributed by atoms with E-state index in [1.165, 1.54) is 22.9 Å². The summed E-state index contributed by atoms with van der Waals surface area (Å²) >= 11 is 3.52. The van der Waals surface area contributed by atoms with Gasteiger partial charge in [-0.3, -0.25) is 0 Å². The van der Waals surface area contributed by atoms with Crippen LogP contribution >= 0.6 is 15.9 Å². The Kier molecular flexibility index (Phi) is 5.96. The van der Waals surface area contributed by atoms with Crippen molar-refractivity contribution in [1.82, 2.24) is 5.32 Å².